The second-order valence-corrected chi connectivity index (χ2v) is 14.4. The lowest BCUT2D eigenvalue weighted by Crippen LogP contribution is -2.32. The van der Waals surface area contributed by atoms with Gasteiger partial charge in [-0.2, -0.15) is 19.6 Å². The van der Waals surface area contributed by atoms with Crippen molar-refractivity contribution >= 4 is 54.5 Å². The van der Waals surface area contributed by atoms with Crippen molar-refractivity contribution in [2.24, 2.45) is 5.92 Å². The number of nitriles is 1. The Bertz CT molecular complexity index is 2360. The van der Waals surface area contributed by atoms with Crippen molar-refractivity contribution in [3.63, 3.8) is 0 Å². The summed E-state index contributed by atoms with van der Waals surface area (Å²) in [5, 5.41) is 40.8. The number of amides is 2. The number of rotatable bonds is 15. The highest BCUT2D eigenvalue weighted by atomic mass is 31.2. The number of aromatic amines is 1. The molecule has 7 rings (SSSR count). The summed E-state index contributed by atoms with van der Waals surface area (Å²) in [5.74, 6) is -1.54. The lowest BCUT2D eigenvalue weighted by Gasteiger charge is -2.25. The number of carbonyl (C=O) groups is 2. The number of aliphatic hydroxyl groups is 1. The van der Waals surface area contributed by atoms with E-state index in [1.54, 1.807) is 51.1 Å². The maximum absolute atomic E-state index is 16.4. The average molecular weight is 828 g/mol. The number of alkyl halides is 2. The third-order valence-corrected chi connectivity index (χ3v) is 10.2. The Balaban J connectivity index is 1.05. The number of halogens is 2. The second-order valence-electron chi connectivity index (χ2n) is 13.3. The fourth-order valence-electron chi connectivity index (χ4n) is 6.02. The van der Waals surface area contributed by atoms with E-state index in [4.69, 9.17) is 28.3 Å². The molecule has 22 nitrogen and oxygen atoms in total. The smallest absolute Gasteiger partial charge is 0.333 e. The summed E-state index contributed by atoms with van der Waals surface area (Å²) in [6, 6.07) is 10.3. The topological polar surface area (TPSA) is 281 Å². The number of aliphatic hydroxyl groups excluding tert-OH is 1. The van der Waals surface area contributed by atoms with Crippen LogP contribution in [0.2, 0.25) is 0 Å². The first-order valence-corrected chi connectivity index (χ1v) is 19.0. The van der Waals surface area contributed by atoms with Crippen molar-refractivity contribution in [3.8, 4) is 6.07 Å². The van der Waals surface area contributed by atoms with Gasteiger partial charge in [-0.1, -0.05) is 49.4 Å². The Morgan fingerprint density at radius 3 is 2.47 bits per heavy atom. The molecule has 0 spiro atoms. The van der Waals surface area contributed by atoms with E-state index >= 15 is 8.78 Å². The molecule has 2 aliphatic rings. The highest BCUT2D eigenvalue weighted by molar-refractivity contribution is 7.41. The van der Waals surface area contributed by atoms with Crippen LogP contribution in [0, 0.1) is 17.2 Å². The van der Waals surface area contributed by atoms with Crippen LogP contribution in [-0.2, 0) is 27.8 Å². The van der Waals surface area contributed by atoms with Crippen LogP contribution in [0.5, 0.6) is 0 Å². The van der Waals surface area contributed by atoms with Gasteiger partial charge in [-0.25, -0.2) is 18.7 Å². The molecule has 0 radical (unpaired) electrons. The summed E-state index contributed by atoms with van der Waals surface area (Å²) < 4.78 is 63.3. The minimum atomic E-state index is -2.50. The molecule has 2 aliphatic heterocycles. The molecule has 58 heavy (non-hydrogen) atoms. The van der Waals surface area contributed by atoms with Crippen molar-refractivity contribution in [3.05, 3.63) is 52.6 Å². The van der Waals surface area contributed by atoms with Gasteiger partial charge in [0, 0.05) is 11.5 Å². The fourth-order valence-corrected chi connectivity index (χ4v) is 7.17. The minimum Gasteiger partial charge on any atom is -0.385 e. The Kier molecular flexibility index (Phi) is 12.3. The highest BCUT2D eigenvalue weighted by Crippen LogP contribution is 2.48. The number of nitrogens with one attached hydrogen (secondary N) is 3. The van der Waals surface area contributed by atoms with Crippen LogP contribution >= 0.6 is 8.60 Å². The van der Waals surface area contributed by atoms with Crippen LogP contribution in [0.3, 0.4) is 0 Å². The van der Waals surface area contributed by atoms with E-state index in [1.165, 1.54) is 0 Å². The summed E-state index contributed by atoms with van der Waals surface area (Å²) in [7, 11) is -2.50. The van der Waals surface area contributed by atoms with Crippen molar-refractivity contribution in [2.45, 2.75) is 82.8 Å². The van der Waals surface area contributed by atoms with Crippen molar-refractivity contribution in [1.29, 1.82) is 5.26 Å². The van der Waals surface area contributed by atoms with Crippen molar-refractivity contribution < 1.29 is 46.5 Å². The number of hydrogen-bond donors (Lipinski definition) is 4. The SMILES string of the molecule is CC[C@H]1O[C@@H](n2nnc3c(NC(=O)c4ccccc4)ncnc32)[C@@H](F)[C@@H]1OP(OCCC#N)OC[C@H]1O[C@@H](n2nnc3c(=O)[nH]c(NC(=O)C(C)C)nc32)[C@@H](O)[C@@H]1F. The Morgan fingerprint density at radius 1 is 1.02 bits per heavy atom. The Labute approximate surface area is 327 Å². The summed E-state index contributed by atoms with van der Waals surface area (Å²) in [6.45, 7) is 4.22. The van der Waals surface area contributed by atoms with Gasteiger partial charge in [0.05, 0.1) is 31.8 Å². The quantitative estimate of drug-likeness (QED) is 0.0871. The van der Waals surface area contributed by atoms with Gasteiger partial charge in [0.25, 0.3) is 11.5 Å². The van der Waals surface area contributed by atoms with Gasteiger partial charge in [-0.15, -0.1) is 10.2 Å². The average Bonchev–Trinajstić information content (AvgIpc) is 3.98. The van der Waals surface area contributed by atoms with Crippen molar-refractivity contribution in [1.82, 2.24) is 49.9 Å². The maximum atomic E-state index is 16.4. The molecule has 1 aromatic carbocycles. The number of ether oxygens (including phenoxy) is 2. The zero-order valence-corrected chi connectivity index (χ0v) is 31.8. The normalized spacial score (nSPS) is 25.0. The third kappa shape index (κ3) is 8.23. The van der Waals surface area contributed by atoms with Gasteiger partial charge in [-0.05, 0) is 18.6 Å². The number of benzene rings is 1. The summed E-state index contributed by atoms with van der Waals surface area (Å²) >= 11 is 0. The third-order valence-electron chi connectivity index (χ3n) is 9.03. The van der Waals surface area contributed by atoms with E-state index in [9.17, 15) is 19.5 Å². The van der Waals surface area contributed by atoms with Gasteiger partial charge in [-0.3, -0.25) is 24.7 Å². The number of anilines is 2. The van der Waals surface area contributed by atoms with E-state index in [0.717, 1.165) is 15.7 Å². The number of hydrogen-bond acceptors (Lipinski definition) is 17. The molecule has 2 amide bonds. The van der Waals surface area contributed by atoms with E-state index < -0.39 is 87.7 Å². The largest absolute Gasteiger partial charge is 0.385 e. The van der Waals surface area contributed by atoms with Gasteiger partial charge < -0.3 is 33.5 Å². The van der Waals surface area contributed by atoms with Gasteiger partial charge in [0.1, 0.15) is 24.6 Å². The van der Waals surface area contributed by atoms with E-state index in [-0.39, 0.29) is 53.5 Å². The molecule has 4 aromatic heterocycles. The lowest BCUT2D eigenvalue weighted by atomic mass is 10.1. The molecule has 1 unspecified atom stereocenters. The molecule has 4 N–H and O–H groups in total. The molecule has 2 saturated heterocycles. The zero-order chi connectivity index (χ0) is 41.1. The van der Waals surface area contributed by atoms with Crippen LogP contribution in [-0.4, -0.2) is 117 Å². The van der Waals surface area contributed by atoms with Gasteiger partial charge in [0.15, 0.2) is 52.9 Å². The molecule has 9 atom stereocenters. The highest BCUT2D eigenvalue weighted by Gasteiger charge is 2.50. The number of fused-ring (bicyclic) bond motifs is 2. The number of nitrogens with zero attached hydrogens (tertiary/aromatic N) is 10. The fraction of sp³-hybridized carbons (Fsp3) is 0.485. The van der Waals surface area contributed by atoms with Crippen molar-refractivity contribution in [2.75, 3.05) is 23.8 Å². The summed E-state index contributed by atoms with van der Waals surface area (Å²) in [4.78, 5) is 52.5. The molecule has 5 aromatic rings. The molecule has 0 saturated carbocycles. The second kappa shape index (κ2) is 17.5. The van der Waals surface area contributed by atoms with Crippen LogP contribution in [0.25, 0.3) is 22.3 Å². The van der Waals surface area contributed by atoms with E-state index in [1.807, 2.05) is 6.07 Å². The first kappa shape index (κ1) is 40.6. The predicted octanol–water partition coefficient (Wildman–Crippen LogP) is 2.40. The van der Waals surface area contributed by atoms with Crippen LogP contribution in [0.15, 0.2) is 41.5 Å². The molecule has 25 heteroatoms. The number of carbonyl (C=O) groups excluding carboxylic acids is 2. The Morgan fingerprint density at radius 2 is 1.74 bits per heavy atom. The standard InChI is InChI=1S/C33H36F2N13O9P/c1-4-17-24(20(35)31(55-17)47-26-21(43-45-47)25(37-14-38-26)39-29(51)16-9-6-5-7-10-16)57-58(53-12-8-11-36)54-13-18-19(34)23(49)32(56-18)48-27-22(44-46-48)30(52)42-33(40-27)41-28(50)15(2)3/h5-7,9-10,14-15,17-20,23-24,31-32,49H,4,8,12-13H2,1-3H3,(H,37,38,39,51)(H2,40,41,42,50,52)/t17-,18-,19-,20+,23+,24-,31-,32-,58?/m1/s1. The maximum Gasteiger partial charge on any atom is 0.333 e. The zero-order valence-electron chi connectivity index (χ0n) is 30.9. The van der Waals surface area contributed by atoms with Crippen LogP contribution in [0.1, 0.15) is 56.4 Å². The van der Waals surface area contributed by atoms with E-state index in [2.05, 4.69) is 51.2 Å². The molecule has 6 heterocycles. The Hall–Kier alpha value is -5.54. The predicted molar refractivity (Wildman–Crippen MR) is 195 cm³/mol. The lowest BCUT2D eigenvalue weighted by molar-refractivity contribution is -0.118. The van der Waals surface area contributed by atoms with Gasteiger partial charge in [0.2, 0.25) is 11.9 Å². The summed E-state index contributed by atoms with van der Waals surface area (Å²) in [6.07, 6.45) is -11.2. The first-order valence-electron chi connectivity index (χ1n) is 17.9. The molecule has 0 bridgehead atoms. The first-order chi connectivity index (χ1) is 28.0. The molecular formula is C33H36F2N13O9P. The molecular weight excluding hydrogens is 791 g/mol. The molecule has 306 valence electrons. The minimum absolute atomic E-state index is 0.0376. The van der Waals surface area contributed by atoms with E-state index in [0.29, 0.717) is 5.56 Å². The summed E-state index contributed by atoms with van der Waals surface area (Å²) in [5.41, 5.74) is -0.729. The monoisotopic (exact) mass is 827 g/mol. The van der Waals surface area contributed by atoms with Gasteiger partial charge >= 0.3 is 8.60 Å². The molecule has 2 fully saturated rings. The van der Waals surface area contributed by atoms with Crippen LogP contribution in [0.4, 0.5) is 20.5 Å². The number of H-pyrrole nitrogens is 1. The number of aromatic nitrogens is 10. The molecule has 0 aliphatic carbocycles. The van der Waals surface area contributed by atoms with Crippen LogP contribution < -0.4 is 16.2 Å².